The maximum atomic E-state index is 14.0. The molecule has 7 amide bonds. The van der Waals surface area contributed by atoms with Gasteiger partial charge < -0.3 is 53.8 Å². The number of nitrogens with two attached hydrogens (primary N) is 3. The Morgan fingerprint density at radius 3 is 2.31 bits per heavy atom. The highest BCUT2D eigenvalue weighted by molar-refractivity contribution is 8.76. The number of nitrogens with one attached hydrogen (secondary N) is 5. The number of nitrogens with zero attached hydrogens (tertiary/aromatic N) is 2. The molecule has 1 unspecified atom stereocenters. The topological polar surface area (TPSA) is 311 Å². The van der Waals surface area contributed by atoms with Crippen LogP contribution in [0.15, 0.2) is 41.0 Å². The Morgan fingerprint density at radius 1 is 0.907 bits per heavy atom. The minimum atomic E-state index is -1.70. The van der Waals surface area contributed by atoms with E-state index in [1.165, 1.54) is 32.6 Å². The number of guanidine groups is 1. The van der Waals surface area contributed by atoms with Gasteiger partial charge in [-0.15, -0.1) is 0 Å². The third kappa shape index (κ3) is 14.6. The van der Waals surface area contributed by atoms with E-state index in [9.17, 15) is 43.5 Å². The SMILES string of the molecule is NC(=O)C1CSSCCC(=O)N[C@@H](CCCCN=C(N)N)C(=O)NCC(=O)N[C@@H](CC(=O)O)C(=O)N/C(=C/c2ccccc2)C(=O)N2CCC[C@H]2C(=O)N1. The number of fused-ring (bicyclic) bond motifs is 1. The second kappa shape index (κ2) is 22.0. The summed E-state index contributed by atoms with van der Waals surface area (Å²) < 4.78 is 0. The largest absolute Gasteiger partial charge is 0.481 e. The quantitative estimate of drug-likeness (QED) is 0.0426. The lowest BCUT2D eigenvalue weighted by atomic mass is 10.1. The molecule has 3 rings (SSSR count). The molecule has 0 aliphatic carbocycles. The highest BCUT2D eigenvalue weighted by Crippen LogP contribution is 2.24. The Kier molecular flexibility index (Phi) is 17.6. The summed E-state index contributed by atoms with van der Waals surface area (Å²) in [6.07, 6.45) is 2.17. The van der Waals surface area contributed by atoms with E-state index in [-0.39, 0.29) is 55.5 Å². The molecule has 2 heterocycles. The van der Waals surface area contributed by atoms with Crippen molar-refractivity contribution in [3.05, 3.63) is 41.6 Å². The maximum Gasteiger partial charge on any atom is 0.305 e. The summed E-state index contributed by atoms with van der Waals surface area (Å²) in [5.41, 5.74) is 16.5. The van der Waals surface area contributed by atoms with Crippen LogP contribution in [0.5, 0.6) is 0 Å². The highest BCUT2D eigenvalue weighted by atomic mass is 33.1. The van der Waals surface area contributed by atoms with E-state index in [0.29, 0.717) is 24.8 Å². The minimum Gasteiger partial charge on any atom is -0.481 e. The molecule has 54 heavy (non-hydrogen) atoms. The molecule has 12 N–H and O–H groups in total. The summed E-state index contributed by atoms with van der Waals surface area (Å²) >= 11 is 0. The van der Waals surface area contributed by atoms with Gasteiger partial charge in [-0.25, -0.2) is 0 Å². The number of hydrogen-bond acceptors (Lipinski definition) is 11. The summed E-state index contributed by atoms with van der Waals surface area (Å²) in [4.78, 5) is 109. The number of hydrogen-bond donors (Lipinski definition) is 9. The highest BCUT2D eigenvalue weighted by Gasteiger charge is 2.38. The van der Waals surface area contributed by atoms with Crippen LogP contribution in [-0.4, -0.2) is 119 Å². The molecule has 0 bridgehead atoms. The summed E-state index contributed by atoms with van der Waals surface area (Å²) in [5, 5.41) is 21.9. The molecule has 4 atom stereocenters. The predicted octanol–water partition coefficient (Wildman–Crippen LogP) is -2.11. The summed E-state index contributed by atoms with van der Waals surface area (Å²) in [6, 6.07) is 3.49. The number of carboxylic acid groups (broad SMARTS) is 1. The summed E-state index contributed by atoms with van der Waals surface area (Å²) in [5.74, 6) is -6.60. The van der Waals surface area contributed by atoms with Crippen molar-refractivity contribution in [2.24, 2.45) is 22.2 Å². The third-order valence-electron chi connectivity index (χ3n) is 8.11. The molecular formula is C33H46N10O9S2. The van der Waals surface area contributed by atoms with Gasteiger partial charge in [0.15, 0.2) is 5.96 Å². The first kappa shape index (κ1) is 43.1. The standard InChI is InChI=1S/C33H46N10O9S2/c34-28(48)23-18-54-53-14-11-25(44)39-20(9-4-5-12-37-33(35)36)29(49)38-17-26(45)40-21(16-27(46)47)30(50)41-22(15-19-7-2-1-3-8-19)32(52)43-13-6-10-24(43)31(51)42-23/h1-3,7-8,15,20-21,23-24H,4-6,9-14,16-18H2,(H2,34,48)(H,38,49)(H,39,44)(H,40,45)(H,41,50)(H,42,51)(H,46,47)(H4,35,36,37)/b22-15+/t20-,21-,23?,24-/m0/s1. The van der Waals surface area contributed by atoms with Gasteiger partial charge in [-0.3, -0.25) is 43.3 Å². The lowest BCUT2D eigenvalue weighted by molar-refractivity contribution is -0.141. The molecule has 0 spiro atoms. The van der Waals surface area contributed by atoms with Gasteiger partial charge in [0, 0.05) is 31.0 Å². The average Bonchev–Trinajstić information content (AvgIpc) is 3.62. The van der Waals surface area contributed by atoms with Crippen molar-refractivity contribution in [3.63, 3.8) is 0 Å². The predicted molar refractivity (Wildman–Crippen MR) is 202 cm³/mol. The number of unbranched alkanes of at least 4 members (excludes halogenated alkanes) is 1. The van der Waals surface area contributed by atoms with Gasteiger partial charge in [-0.05, 0) is 43.7 Å². The maximum absolute atomic E-state index is 14.0. The zero-order valence-corrected chi connectivity index (χ0v) is 31.0. The Morgan fingerprint density at radius 2 is 1.63 bits per heavy atom. The van der Waals surface area contributed by atoms with Crippen LogP contribution in [0.3, 0.4) is 0 Å². The van der Waals surface area contributed by atoms with Gasteiger partial charge in [0.05, 0.1) is 13.0 Å². The van der Waals surface area contributed by atoms with E-state index in [1.54, 1.807) is 30.3 Å². The minimum absolute atomic E-state index is 0.0203. The third-order valence-corrected chi connectivity index (χ3v) is 10.5. The zero-order chi connectivity index (χ0) is 39.6. The van der Waals surface area contributed by atoms with E-state index in [2.05, 4.69) is 31.6 Å². The van der Waals surface area contributed by atoms with Crippen LogP contribution in [0.1, 0.15) is 50.5 Å². The smallest absolute Gasteiger partial charge is 0.305 e. The number of carboxylic acids is 1. The second-order valence-electron chi connectivity index (χ2n) is 12.3. The second-order valence-corrected chi connectivity index (χ2v) is 14.9. The van der Waals surface area contributed by atoms with Crippen molar-refractivity contribution in [1.29, 1.82) is 0 Å². The lowest BCUT2D eigenvalue weighted by Gasteiger charge is -2.27. The van der Waals surface area contributed by atoms with Gasteiger partial charge >= 0.3 is 5.97 Å². The van der Waals surface area contributed by atoms with Gasteiger partial charge in [0.1, 0.15) is 29.9 Å². The molecular weight excluding hydrogens is 745 g/mol. The van der Waals surface area contributed by atoms with Crippen LogP contribution in [0.25, 0.3) is 6.08 Å². The Bertz CT molecular complexity index is 1610. The number of benzene rings is 1. The first-order chi connectivity index (χ1) is 25.7. The van der Waals surface area contributed by atoms with Crippen molar-refractivity contribution in [2.45, 2.75) is 69.1 Å². The van der Waals surface area contributed by atoms with Crippen LogP contribution < -0.4 is 43.8 Å². The van der Waals surface area contributed by atoms with Gasteiger partial charge in [0.25, 0.3) is 5.91 Å². The van der Waals surface area contributed by atoms with Gasteiger partial charge in [-0.1, -0.05) is 51.9 Å². The molecule has 1 aromatic rings. The number of aliphatic carboxylic acids is 1. The Balaban J connectivity index is 1.92. The molecule has 19 nitrogen and oxygen atoms in total. The molecule has 2 aliphatic rings. The fourth-order valence-corrected chi connectivity index (χ4v) is 7.59. The van der Waals surface area contributed by atoms with Crippen molar-refractivity contribution >= 4 is 80.9 Å². The van der Waals surface area contributed by atoms with Crippen LogP contribution >= 0.6 is 21.6 Å². The summed E-state index contributed by atoms with van der Waals surface area (Å²) in [7, 11) is 2.43. The number of carbonyl (C=O) groups is 8. The van der Waals surface area contributed by atoms with E-state index in [4.69, 9.17) is 17.2 Å². The zero-order valence-electron chi connectivity index (χ0n) is 29.4. The van der Waals surface area contributed by atoms with Crippen LogP contribution in [0.4, 0.5) is 0 Å². The van der Waals surface area contributed by atoms with Gasteiger partial charge in [-0.2, -0.15) is 0 Å². The van der Waals surface area contributed by atoms with E-state index in [0.717, 1.165) is 0 Å². The van der Waals surface area contributed by atoms with E-state index < -0.39 is 84.5 Å². The molecule has 294 valence electrons. The molecule has 0 radical (unpaired) electrons. The first-order valence-corrected chi connectivity index (χ1v) is 19.6. The van der Waals surface area contributed by atoms with E-state index >= 15 is 0 Å². The van der Waals surface area contributed by atoms with Crippen molar-refractivity contribution < 1.29 is 43.5 Å². The number of aliphatic imine (C=N–C) groups is 1. The van der Waals surface area contributed by atoms with Crippen molar-refractivity contribution in [2.75, 3.05) is 31.1 Å². The van der Waals surface area contributed by atoms with Crippen molar-refractivity contribution in [1.82, 2.24) is 31.5 Å². The van der Waals surface area contributed by atoms with Crippen molar-refractivity contribution in [3.8, 4) is 0 Å². The van der Waals surface area contributed by atoms with Crippen LogP contribution in [-0.2, 0) is 38.4 Å². The fraction of sp³-hybridized carbons (Fsp3) is 0.485. The molecule has 1 aromatic carbocycles. The van der Waals surface area contributed by atoms with Gasteiger partial charge in [0.2, 0.25) is 35.4 Å². The molecule has 21 heteroatoms. The molecule has 2 saturated heterocycles. The van der Waals surface area contributed by atoms with Crippen LogP contribution in [0.2, 0.25) is 0 Å². The molecule has 2 fully saturated rings. The summed E-state index contributed by atoms with van der Waals surface area (Å²) in [6.45, 7) is -0.265. The Hall–Kier alpha value is -5.31. The first-order valence-electron chi connectivity index (χ1n) is 17.1. The lowest BCUT2D eigenvalue weighted by Crippen LogP contribution is -2.55. The Labute approximate surface area is 319 Å². The molecule has 0 aromatic heterocycles. The normalized spacial score (nSPS) is 23.6. The van der Waals surface area contributed by atoms with Crippen LogP contribution in [0, 0.1) is 0 Å². The monoisotopic (exact) mass is 790 g/mol. The average molecular weight is 791 g/mol. The number of primary amides is 1. The molecule has 2 aliphatic heterocycles. The number of rotatable bonds is 9. The fourth-order valence-electron chi connectivity index (χ4n) is 5.42. The number of amides is 7. The molecule has 0 saturated carbocycles. The van der Waals surface area contributed by atoms with E-state index in [1.807, 2.05) is 0 Å². The number of carbonyl (C=O) groups excluding carboxylic acids is 7.